The van der Waals surface area contributed by atoms with Gasteiger partial charge in [-0.15, -0.1) is 0 Å². The number of ether oxygens (including phenoxy) is 5. The van der Waals surface area contributed by atoms with E-state index in [0.29, 0.717) is 63.4 Å². The second-order valence-electron chi connectivity index (χ2n) is 20.2. The van der Waals surface area contributed by atoms with Gasteiger partial charge in [-0.05, 0) is 114 Å². The first-order valence-corrected chi connectivity index (χ1v) is 24.3. The van der Waals surface area contributed by atoms with Crippen LogP contribution in [-0.4, -0.2) is 131 Å². The van der Waals surface area contributed by atoms with Gasteiger partial charge in [0.1, 0.15) is 29.6 Å². The smallest absolute Gasteiger partial charge is 0.332 e. The van der Waals surface area contributed by atoms with Gasteiger partial charge in [0, 0.05) is 58.5 Å². The van der Waals surface area contributed by atoms with Crippen LogP contribution in [0.3, 0.4) is 0 Å². The highest BCUT2D eigenvalue weighted by Gasteiger charge is 2.55. The second-order valence-corrected chi connectivity index (χ2v) is 20.2. The van der Waals surface area contributed by atoms with E-state index in [1.807, 2.05) is 58.1 Å². The number of fused-ring (bicyclic) bond motifs is 3. The molecule has 3 aliphatic heterocycles. The molecule has 15 atom stereocenters. The molecule has 14 heteroatoms. The van der Waals surface area contributed by atoms with Gasteiger partial charge < -0.3 is 43.9 Å². The summed E-state index contributed by atoms with van der Waals surface area (Å²) >= 11 is 0. The molecule has 4 rings (SSSR count). The minimum atomic E-state index is -2.45. The number of carbonyl (C=O) groups is 5. The molecule has 2 saturated heterocycles. The molecule has 1 amide bonds. The molecule has 0 radical (unpaired) electrons. The van der Waals surface area contributed by atoms with Crippen molar-refractivity contribution in [3.05, 3.63) is 47.6 Å². The van der Waals surface area contributed by atoms with E-state index in [2.05, 4.69) is 0 Å². The number of hydrogen-bond acceptors (Lipinski definition) is 13. The number of ketones is 3. The average molecular weight is 928 g/mol. The van der Waals surface area contributed by atoms with Crippen LogP contribution >= 0.6 is 0 Å². The molecule has 0 aromatic rings. The Balaban J connectivity index is 1.73. The van der Waals surface area contributed by atoms with Crippen molar-refractivity contribution in [3.8, 4) is 0 Å². The first-order valence-electron chi connectivity index (χ1n) is 24.3. The maximum absolute atomic E-state index is 14.7. The van der Waals surface area contributed by atoms with Crippen molar-refractivity contribution >= 4 is 29.2 Å². The van der Waals surface area contributed by atoms with Crippen molar-refractivity contribution < 1.29 is 63.0 Å². The summed E-state index contributed by atoms with van der Waals surface area (Å²) in [6.07, 6.45) is 11.0. The maximum Gasteiger partial charge on any atom is 0.332 e. The summed E-state index contributed by atoms with van der Waals surface area (Å²) < 4.78 is 29.5. The number of amides is 1. The van der Waals surface area contributed by atoms with Gasteiger partial charge in [-0.3, -0.25) is 19.2 Å². The van der Waals surface area contributed by atoms with E-state index in [4.69, 9.17) is 23.7 Å². The number of aliphatic hydroxyl groups is 3. The van der Waals surface area contributed by atoms with Gasteiger partial charge in [-0.25, -0.2) is 4.79 Å². The fraction of sp³-hybridized carbons (Fsp3) is 0.750. The van der Waals surface area contributed by atoms with Crippen molar-refractivity contribution in [1.29, 1.82) is 0 Å². The zero-order chi connectivity index (χ0) is 49.1. The molecule has 1 unspecified atom stereocenters. The summed E-state index contributed by atoms with van der Waals surface area (Å²) in [5, 5.41) is 34.0. The zero-order valence-corrected chi connectivity index (χ0v) is 41.5. The molecule has 3 N–H and O–H groups in total. The van der Waals surface area contributed by atoms with Crippen LogP contribution in [0.25, 0.3) is 0 Å². The molecular weight excluding hydrogens is 847 g/mol. The van der Waals surface area contributed by atoms with Gasteiger partial charge in [0.25, 0.3) is 11.7 Å². The lowest BCUT2D eigenvalue weighted by atomic mass is 9.78. The molecule has 2 bridgehead atoms. The Hall–Kier alpha value is -3.37. The standard InChI is InChI=1S/C52H81NO13/c1-31-17-13-12-14-18-32(2)42(62-9)29-39-21-19-37(7)52(61,66-39)48(58)49(59)53-24-16-15-23-51(53,8)50(60)65-43(34(4)27-38-20-22-40(54)44(28-38)63-10)30-41(55)33(3)26-36(6)46(57)47(64-11)45(56)35(5)25-31/h12-14,17-18,26,31,33-35,37-40,42-44,46-47,54,57,61H,15-16,19-25,27-30H2,1-11H3/b14-12+,17-13+,32-18+,36-26+/t31-,33-,34-,35-,37-,38?,39+,40-,42+,43+,44-,46-,47+,51+,52-/m1/s1. The molecule has 372 valence electrons. The number of nitrogens with zero attached hydrogens (tertiary/aromatic N) is 1. The number of aliphatic hydroxyl groups excluding tert-OH is 2. The number of esters is 1. The summed E-state index contributed by atoms with van der Waals surface area (Å²) in [5.74, 6) is -8.07. The van der Waals surface area contributed by atoms with E-state index in [0.717, 1.165) is 12.0 Å². The molecule has 1 saturated carbocycles. The van der Waals surface area contributed by atoms with Crippen molar-refractivity contribution in [2.45, 2.75) is 186 Å². The number of rotatable bonds is 6. The normalized spacial score (nSPS) is 41.1. The number of methoxy groups -OCH3 is 3. The molecule has 66 heavy (non-hydrogen) atoms. The predicted octanol–water partition coefficient (Wildman–Crippen LogP) is 6.57. The summed E-state index contributed by atoms with van der Waals surface area (Å²) in [5.41, 5.74) is -0.343. The highest BCUT2D eigenvalue weighted by Crippen LogP contribution is 2.39. The topological polar surface area (TPSA) is 195 Å². The first-order chi connectivity index (χ1) is 31.1. The van der Waals surface area contributed by atoms with Gasteiger partial charge in [-0.2, -0.15) is 0 Å². The number of hydrogen-bond donors (Lipinski definition) is 3. The van der Waals surface area contributed by atoms with E-state index in [1.54, 1.807) is 48.0 Å². The number of Topliss-reactive ketones (excluding diaryl/α,β-unsaturated/α-hetero) is 3. The van der Waals surface area contributed by atoms with Crippen LogP contribution in [0, 0.1) is 35.5 Å². The van der Waals surface area contributed by atoms with E-state index in [9.17, 15) is 39.3 Å². The van der Waals surface area contributed by atoms with Crippen LogP contribution in [0.1, 0.15) is 132 Å². The van der Waals surface area contributed by atoms with Crippen LogP contribution < -0.4 is 0 Å². The summed E-state index contributed by atoms with van der Waals surface area (Å²) in [6, 6.07) is 0. The molecule has 14 nitrogen and oxygen atoms in total. The molecule has 1 aliphatic carbocycles. The van der Waals surface area contributed by atoms with Gasteiger partial charge in [0.05, 0.1) is 24.4 Å². The van der Waals surface area contributed by atoms with Crippen molar-refractivity contribution in [2.75, 3.05) is 27.9 Å². The average Bonchev–Trinajstić information content (AvgIpc) is 3.28. The molecule has 0 aromatic carbocycles. The minimum Gasteiger partial charge on any atom is -0.460 e. The quantitative estimate of drug-likeness (QED) is 0.147. The Morgan fingerprint density at radius 3 is 2.24 bits per heavy atom. The lowest BCUT2D eigenvalue weighted by molar-refractivity contribution is -0.266. The predicted molar refractivity (Wildman–Crippen MR) is 250 cm³/mol. The summed E-state index contributed by atoms with van der Waals surface area (Å²) in [7, 11) is 4.52. The highest BCUT2D eigenvalue weighted by molar-refractivity contribution is 6.39. The minimum absolute atomic E-state index is 0.0171. The molecule has 0 spiro atoms. The lowest BCUT2D eigenvalue weighted by Crippen LogP contribution is -2.64. The van der Waals surface area contributed by atoms with Crippen LogP contribution in [0.2, 0.25) is 0 Å². The lowest BCUT2D eigenvalue weighted by Gasteiger charge is -2.46. The molecular formula is C52H81NO13. The Morgan fingerprint density at radius 2 is 1.58 bits per heavy atom. The molecule has 3 fully saturated rings. The van der Waals surface area contributed by atoms with Crippen LogP contribution in [0.5, 0.6) is 0 Å². The largest absolute Gasteiger partial charge is 0.460 e. The highest BCUT2D eigenvalue weighted by atomic mass is 16.6. The van der Waals surface area contributed by atoms with Gasteiger partial charge in [-0.1, -0.05) is 71.1 Å². The Bertz CT molecular complexity index is 1810. The van der Waals surface area contributed by atoms with E-state index >= 15 is 0 Å². The fourth-order valence-electron chi connectivity index (χ4n) is 10.4. The Kier molecular flexibility index (Phi) is 20.7. The van der Waals surface area contributed by atoms with E-state index < -0.39 is 83.4 Å². The summed E-state index contributed by atoms with van der Waals surface area (Å²) in [4.78, 5) is 72.6. The van der Waals surface area contributed by atoms with Crippen LogP contribution in [0.15, 0.2) is 47.6 Å². The van der Waals surface area contributed by atoms with E-state index in [-0.39, 0.29) is 54.8 Å². The zero-order valence-electron chi connectivity index (χ0n) is 41.5. The number of cyclic esters (lactones) is 1. The second kappa shape index (κ2) is 24.8. The van der Waals surface area contributed by atoms with Gasteiger partial charge >= 0.3 is 5.97 Å². The Morgan fingerprint density at radius 1 is 0.864 bits per heavy atom. The SMILES string of the molecule is CO[C@H]1C[C@@H]2CC[C@@H](C)[C@@](O)(O2)C(=O)C(=O)N2CCCC[C@@]2(C)C(=O)O[C@H]([C@H](C)CC2CC[C@@H](O)[C@H](OC)C2)CC(=O)[C@H](C)/C=C(\C)[C@@H](O)[C@@H](OC)C(=O)[C@H](C)C[C@H](C)/C=C/C=C/C=C/1C. The number of piperidine rings is 1. The van der Waals surface area contributed by atoms with E-state index in [1.165, 1.54) is 12.0 Å². The number of allylic oxidation sites excluding steroid dienone is 6. The van der Waals surface area contributed by atoms with Gasteiger partial charge in [0.2, 0.25) is 5.79 Å². The van der Waals surface area contributed by atoms with Crippen molar-refractivity contribution in [1.82, 2.24) is 4.90 Å². The number of carbonyl (C=O) groups excluding carboxylic acids is 5. The maximum atomic E-state index is 14.7. The first kappa shape index (κ1) is 55.2. The van der Waals surface area contributed by atoms with Crippen molar-refractivity contribution in [2.24, 2.45) is 35.5 Å². The monoisotopic (exact) mass is 928 g/mol. The third-order valence-corrected chi connectivity index (χ3v) is 15.0. The van der Waals surface area contributed by atoms with Crippen LogP contribution in [0.4, 0.5) is 0 Å². The third kappa shape index (κ3) is 13.7. The molecule has 3 heterocycles. The fourth-order valence-corrected chi connectivity index (χ4v) is 10.4. The van der Waals surface area contributed by atoms with Gasteiger partial charge in [0.15, 0.2) is 5.78 Å². The third-order valence-electron chi connectivity index (χ3n) is 15.0. The Labute approximate surface area is 393 Å². The molecule has 0 aromatic heterocycles. The van der Waals surface area contributed by atoms with Crippen LogP contribution in [-0.2, 0) is 47.7 Å². The summed E-state index contributed by atoms with van der Waals surface area (Å²) in [6.45, 7) is 14.3. The van der Waals surface area contributed by atoms with Crippen molar-refractivity contribution in [3.63, 3.8) is 0 Å². The molecule has 4 aliphatic rings.